The Labute approximate surface area is 98.6 Å². The van der Waals surface area contributed by atoms with Gasteiger partial charge in [0, 0.05) is 13.5 Å². The second-order valence-corrected chi connectivity index (χ2v) is 3.82. The molecule has 1 N–H and O–H groups in total. The number of esters is 1. The molecule has 0 saturated heterocycles. The normalized spacial score (nSPS) is 12.6. The van der Waals surface area contributed by atoms with Gasteiger partial charge in [-0.15, -0.1) is 0 Å². The summed E-state index contributed by atoms with van der Waals surface area (Å²) in [7, 11) is 3.11. The molecule has 0 radical (unpaired) electrons. The zero-order valence-electron chi connectivity index (χ0n) is 9.75. The number of ether oxygens (including phenoxy) is 1. The lowest BCUT2D eigenvalue weighted by molar-refractivity contribution is -0.150. The van der Waals surface area contributed by atoms with Crippen molar-refractivity contribution in [1.29, 1.82) is 0 Å². The lowest BCUT2D eigenvalue weighted by Crippen LogP contribution is -2.25. The summed E-state index contributed by atoms with van der Waals surface area (Å²) in [4.78, 5) is 15.5. The molecule has 5 nitrogen and oxygen atoms in total. The second kappa shape index (κ2) is 4.55. The number of aromatic nitrogens is 2. The van der Waals surface area contributed by atoms with Crippen LogP contribution in [0.2, 0.25) is 0 Å². The molecule has 0 fully saturated rings. The Morgan fingerprint density at radius 1 is 1.53 bits per heavy atom. The fourth-order valence-corrected chi connectivity index (χ4v) is 1.77. The van der Waals surface area contributed by atoms with E-state index in [1.54, 1.807) is 0 Å². The third-order valence-electron chi connectivity index (χ3n) is 2.73. The highest BCUT2D eigenvalue weighted by atomic mass is 16.5. The number of carbonyl (C=O) groups excluding carboxylic acids is 1. The topological polar surface area (TPSA) is 64.3 Å². The Hall–Kier alpha value is -1.88. The highest BCUT2D eigenvalue weighted by molar-refractivity contribution is 5.77. The number of carbonyl (C=O) groups is 1. The van der Waals surface area contributed by atoms with E-state index in [1.165, 1.54) is 7.11 Å². The number of methoxy groups -OCH3 is 1. The number of imidazole rings is 1. The molecule has 5 heteroatoms. The largest absolute Gasteiger partial charge is 0.467 e. The Kier molecular flexibility index (Phi) is 3.10. The molecular weight excluding hydrogens is 220 g/mol. The van der Waals surface area contributed by atoms with E-state index >= 15 is 0 Å². The minimum atomic E-state index is -1.17. The summed E-state index contributed by atoms with van der Waals surface area (Å²) >= 11 is 0. The van der Waals surface area contributed by atoms with Gasteiger partial charge in [-0.3, -0.25) is 0 Å². The van der Waals surface area contributed by atoms with Gasteiger partial charge in [-0.25, -0.2) is 9.78 Å². The fourth-order valence-electron chi connectivity index (χ4n) is 1.77. The number of fused-ring (bicyclic) bond motifs is 1. The van der Waals surface area contributed by atoms with Gasteiger partial charge < -0.3 is 14.4 Å². The average Bonchev–Trinajstić information content (AvgIpc) is 2.66. The number of nitrogens with zero attached hydrogens (tertiary/aromatic N) is 2. The molecule has 2 aromatic rings. The molecule has 2 rings (SSSR count). The van der Waals surface area contributed by atoms with Crippen LogP contribution in [0.25, 0.3) is 11.0 Å². The molecule has 1 heterocycles. The molecule has 0 aliphatic rings. The summed E-state index contributed by atoms with van der Waals surface area (Å²) in [6.07, 6.45) is -1.02. The first-order valence-corrected chi connectivity index (χ1v) is 5.29. The van der Waals surface area contributed by atoms with E-state index in [0.717, 1.165) is 11.0 Å². The Morgan fingerprint density at radius 2 is 2.24 bits per heavy atom. The summed E-state index contributed by atoms with van der Waals surface area (Å²) in [5, 5.41) is 9.59. The molecule has 90 valence electrons. The van der Waals surface area contributed by atoms with Crippen LogP contribution in [0.15, 0.2) is 24.3 Å². The van der Waals surface area contributed by atoms with Crippen molar-refractivity contribution in [3.63, 3.8) is 0 Å². The summed E-state index contributed by atoms with van der Waals surface area (Å²) in [5.41, 5.74) is 1.82. The maximum atomic E-state index is 11.1. The Morgan fingerprint density at radius 3 is 2.88 bits per heavy atom. The van der Waals surface area contributed by atoms with Crippen LogP contribution in [-0.4, -0.2) is 33.8 Å². The summed E-state index contributed by atoms with van der Waals surface area (Å²) < 4.78 is 6.33. The van der Waals surface area contributed by atoms with Crippen molar-refractivity contribution in [3.05, 3.63) is 30.1 Å². The summed E-state index contributed by atoms with van der Waals surface area (Å²) in [5.74, 6) is 0.0150. The maximum Gasteiger partial charge on any atom is 0.335 e. The second-order valence-electron chi connectivity index (χ2n) is 3.82. The lowest BCUT2D eigenvalue weighted by atomic mass is 10.2. The van der Waals surface area contributed by atoms with Crippen LogP contribution in [0.5, 0.6) is 0 Å². The molecule has 0 saturated carbocycles. The number of hydrogen-bond donors (Lipinski definition) is 1. The molecule has 1 unspecified atom stereocenters. The third kappa shape index (κ3) is 2.14. The van der Waals surface area contributed by atoms with Crippen molar-refractivity contribution in [2.75, 3.05) is 7.11 Å². The molecule has 0 aliphatic carbocycles. The number of hydrogen-bond acceptors (Lipinski definition) is 4. The Bertz CT molecular complexity index is 548. The quantitative estimate of drug-likeness (QED) is 0.792. The van der Waals surface area contributed by atoms with Crippen molar-refractivity contribution in [3.8, 4) is 0 Å². The van der Waals surface area contributed by atoms with E-state index in [-0.39, 0.29) is 6.42 Å². The fraction of sp³-hybridized carbons (Fsp3) is 0.333. The molecule has 1 aromatic heterocycles. The van der Waals surface area contributed by atoms with Gasteiger partial charge in [0.05, 0.1) is 18.1 Å². The predicted molar refractivity (Wildman–Crippen MR) is 62.4 cm³/mol. The number of aliphatic hydroxyl groups excluding tert-OH is 1. The molecule has 1 atom stereocenters. The van der Waals surface area contributed by atoms with Crippen LogP contribution in [-0.2, 0) is 23.0 Å². The highest BCUT2D eigenvalue weighted by Crippen LogP contribution is 2.15. The molecule has 0 aliphatic heterocycles. The van der Waals surface area contributed by atoms with Crippen molar-refractivity contribution in [2.45, 2.75) is 12.5 Å². The number of aliphatic hydroxyl groups is 1. The molecular formula is C12H14N2O3. The van der Waals surface area contributed by atoms with E-state index in [4.69, 9.17) is 0 Å². The van der Waals surface area contributed by atoms with Gasteiger partial charge in [-0.1, -0.05) is 12.1 Å². The number of aryl methyl sites for hydroxylation is 1. The molecule has 1 aromatic carbocycles. The van der Waals surface area contributed by atoms with E-state index in [0.29, 0.717) is 5.82 Å². The van der Waals surface area contributed by atoms with E-state index in [2.05, 4.69) is 9.72 Å². The minimum Gasteiger partial charge on any atom is -0.467 e. The smallest absolute Gasteiger partial charge is 0.335 e. The van der Waals surface area contributed by atoms with E-state index in [9.17, 15) is 9.90 Å². The zero-order chi connectivity index (χ0) is 12.4. The summed E-state index contributed by atoms with van der Waals surface area (Å²) in [6, 6.07) is 7.65. The molecule has 0 amide bonds. The third-order valence-corrected chi connectivity index (χ3v) is 2.73. The first-order chi connectivity index (χ1) is 8.13. The van der Waals surface area contributed by atoms with Crippen LogP contribution in [0.1, 0.15) is 5.82 Å². The van der Waals surface area contributed by atoms with Gasteiger partial charge >= 0.3 is 5.97 Å². The van der Waals surface area contributed by atoms with Crippen LogP contribution in [0.3, 0.4) is 0 Å². The van der Waals surface area contributed by atoms with Crippen LogP contribution >= 0.6 is 0 Å². The number of rotatable bonds is 3. The zero-order valence-corrected chi connectivity index (χ0v) is 9.75. The molecule has 0 spiro atoms. The van der Waals surface area contributed by atoms with Crippen molar-refractivity contribution >= 4 is 17.0 Å². The van der Waals surface area contributed by atoms with Gasteiger partial charge in [0.15, 0.2) is 6.10 Å². The maximum absolute atomic E-state index is 11.1. The van der Waals surface area contributed by atoms with Gasteiger partial charge in [-0.2, -0.15) is 0 Å². The number of benzene rings is 1. The van der Waals surface area contributed by atoms with Crippen LogP contribution in [0.4, 0.5) is 0 Å². The van der Waals surface area contributed by atoms with Gasteiger partial charge in [0.1, 0.15) is 5.82 Å². The van der Waals surface area contributed by atoms with Crippen molar-refractivity contribution in [1.82, 2.24) is 9.55 Å². The van der Waals surface area contributed by atoms with E-state index in [1.807, 2.05) is 35.9 Å². The SMILES string of the molecule is COC(=O)C(O)Cc1nc2ccccc2n1C. The molecule has 0 bridgehead atoms. The van der Waals surface area contributed by atoms with Gasteiger partial charge in [0.2, 0.25) is 0 Å². The standard InChI is InChI=1S/C12H14N2O3/c1-14-9-6-4-3-5-8(9)13-11(14)7-10(15)12(16)17-2/h3-6,10,15H,7H2,1-2H3. The van der Waals surface area contributed by atoms with E-state index < -0.39 is 12.1 Å². The monoisotopic (exact) mass is 234 g/mol. The first-order valence-electron chi connectivity index (χ1n) is 5.29. The number of para-hydroxylation sites is 2. The van der Waals surface area contributed by atoms with Crippen molar-refractivity contribution < 1.29 is 14.6 Å². The Balaban J connectivity index is 2.30. The average molecular weight is 234 g/mol. The van der Waals surface area contributed by atoms with Gasteiger partial charge in [0.25, 0.3) is 0 Å². The predicted octanol–water partition coefficient (Wildman–Crippen LogP) is 0.650. The molecule has 17 heavy (non-hydrogen) atoms. The van der Waals surface area contributed by atoms with Crippen LogP contribution < -0.4 is 0 Å². The lowest BCUT2D eigenvalue weighted by Gasteiger charge is -2.07. The van der Waals surface area contributed by atoms with Crippen LogP contribution in [0, 0.1) is 0 Å². The minimum absolute atomic E-state index is 0.151. The highest BCUT2D eigenvalue weighted by Gasteiger charge is 2.19. The summed E-state index contributed by atoms with van der Waals surface area (Å²) in [6.45, 7) is 0. The van der Waals surface area contributed by atoms with Crippen molar-refractivity contribution in [2.24, 2.45) is 7.05 Å². The van der Waals surface area contributed by atoms with Gasteiger partial charge in [-0.05, 0) is 12.1 Å². The first kappa shape index (κ1) is 11.6.